The Morgan fingerprint density at radius 3 is 2.29 bits per heavy atom. The zero-order valence-corrected chi connectivity index (χ0v) is 11.9. The van der Waals surface area contributed by atoms with Gasteiger partial charge in [0.15, 0.2) is 5.69 Å². The smallest absolute Gasteiger partial charge is 0.296 e. The van der Waals surface area contributed by atoms with E-state index < -0.39 is 22.3 Å². The molecule has 0 radical (unpaired) electrons. The van der Waals surface area contributed by atoms with Gasteiger partial charge in [-0.15, -0.1) is 0 Å². The summed E-state index contributed by atoms with van der Waals surface area (Å²) in [6.45, 7) is 0. The van der Waals surface area contributed by atoms with E-state index in [0.717, 1.165) is 6.07 Å². The van der Waals surface area contributed by atoms with Gasteiger partial charge in [0, 0.05) is 6.07 Å². The van der Waals surface area contributed by atoms with Crippen molar-refractivity contribution < 1.29 is 14.8 Å². The third kappa shape index (κ3) is 3.07. The number of nitrogens with one attached hydrogen (secondary N) is 1. The number of hydrogen-bond donors (Lipinski definition) is 2. The minimum absolute atomic E-state index is 0.0293. The number of rotatable bonds is 3. The molecule has 6 nitrogen and oxygen atoms in total. The largest absolute Gasteiger partial charge is 0.505 e. The number of nitro groups is 1. The second kappa shape index (κ2) is 5.99. The summed E-state index contributed by atoms with van der Waals surface area (Å²) >= 11 is 11.8. The average Bonchev–Trinajstić information content (AvgIpc) is 2.40. The monoisotopic (exact) mass is 326 g/mol. The molecule has 0 heterocycles. The Balaban J connectivity index is 2.44. The Morgan fingerprint density at radius 1 is 1.14 bits per heavy atom. The third-order valence-electron chi connectivity index (χ3n) is 2.65. The first-order chi connectivity index (χ1) is 9.91. The van der Waals surface area contributed by atoms with Gasteiger partial charge in [-0.2, -0.15) is 0 Å². The van der Waals surface area contributed by atoms with Crippen molar-refractivity contribution in [1.82, 2.24) is 0 Å². The molecule has 0 aliphatic heterocycles. The molecular weight excluding hydrogens is 319 g/mol. The van der Waals surface area contributed by atoms with Crippen LogP contribution in [0, 0.1) is 10.1 Å². The van der Waals surface area contributed by atoms with E-state index in [0.29, 0.717) is 0 Å². The second-order valence-electron chi connectivity index (χ2n) is 3.98. The molecule has 2 N–H and O–H groups in total. The highest BCUT2D eigenvalue weighted by Crippen LogP contribution is 2.34. The summed E-state index contributed by atoms with van der Waals surface area (Å²) in [4.78, 5) is 22.4. The molecule has 0 aliphatic carbocycles. The number of halogens is 2. The van der Waals surface area contributed by atoms with Gasteiger partial charge in [-0.1, -0.05) is 35.3 Å². The van der Waals surface area contributed by atoms with Crippen LogP contribution < -0.4 is 5.32 Å². The van der Waals surface area contributed by atoms with E-state index in [9.17, 15) is 20.0 Å². The number of nitro benzene ring substituents is 1. The average molecular weight is 327 g/mol. The Labute approximate surface area is 129 Å². The lowest BCUT2D eigenvalue weighted by atomic mass is 10.2. The molecule has 0 atom stereocenters. The lowest BCUT2D eigenvalue weighted by molar-refractivity contribution is -0.384. The van der Waals surface area contributed by atoms with Gasteiger partial charge < -0.3 is 10.4 Å². The Morgan fingerprint density at radius 2 is 1.71 bits per heavy atom. The van der Waals surface area contributed by atoms with Crippen molar-refractivity contribution >= 4 is 40.5 Å². The van der Waals surface area contributed by atoms with E-state index in [1.807, 2.05) is 0 Å². The molecule has 108 valence electrons. The van der Waals surface area contributed by atoms with Gasteiger partial charge in [-0.05, 0) is 18.2 Å². The SMILES string of the molecule is O=C(Nc1c(O)cccc1[N+](=O)[O-])c1c(Cl)cccc1Cl. The zero-order valence-electron chi connectivity index (χ0n) is 10.3. The summed E-state index contributed by atoms with van der Waals surface area (Å²) in [5.74, 6) is -1.18. The summed E-state index contributed by atoms with van der Waals surface area (Å²) in [7, 11) is 0. The number of phenolic OH excluding ortho intramolecular Hbond substituents is 1. The first kappa shape index (κ1) is 15.1. The van der Waals surface area contributed by atoms with Crippen LogP contribution in [-0.4, -0.2) is 15.9 Å². The lowest BCUT2D eigenvalue weighted by Gasteiger charge is -2.10. The Hall–Kier alpha value is -2.31. The number of anilines is 1. The first-order valence-electron chi connectivity index (χ1n) is 5.63. The number of phenols is 1. The van der Waals surface area contributed by atoms with Gasteiger partial charge in [0.1, 0.15) is 5.75 Å². The Bertz CT molecular complexity index is 714. The summed E-state index contributed by atoms with van der Waals surface area (Å²) < 4.78 is 0. The summed E-state index contributed by atoms with van der Waals surface area (Å²) in [5, 5.41) is 23.1. The molecule has 2 aromatic rings. The van der Waals surface area contributed by atoms with Crippen molar-refractivity contribution in [3.05, 3.63) is 62.1 Å². The van der Waals surface area contributed by atoms with Gasteiger partial charge >= 0.3 is 0 Å². The minimum Gasteiger partial charge on any atom is -0.505 e. The molecule has 0 saturated carbocycles. The van der Waals surface area contributed by atoms with Crippen molar-refractivity contribution in [3.8, 4) is 5.75 Å². The number of carbonyl (C=O) groups excluding carboxylic acids is 1. The van der Waals surface area contributed by atoms with Gasteiger partial charge in [0.2, 0.25) is 0 Å². The van der Waals surface area contributed by atoms with Gasteiger partial charge in [-0.25, -0.2) is 0 Å². The molecule has 0 unspecified atom stereocenters. The fraction of sp³-hybridized carbons (Fsp3) is 0. The summed E-state index contributed by atoms with van der Waals surface area (Å²) in [5.41, 5.74) is -0.784. The normalized spacial score (nSPS) is 10.2. The molecule has 0 aliphatic rings. The molecular formula is C13H8Cl2N2O4. The second-order valence-corrected chi connectivity index (χ2v) is 4.79. The highest BCUT2D eigenvalue weighted by atomic mass is 35.5. The molecule has 21 heavy (non-hydrogen) atoms. The molecule has 0 fully saturated rings. The zero-order chi connectivity index (χ0) is 15.6. The van der Waals surface area contributed by atoms with Crippen LogP contribution in [0.15, 0.2) is 36.4 Å². The van der Waals surface area contributed by atoms with Crippen molar-refractivity contribution in [2.24, 2.45) is 0 Å². The number of nitrogens with zero attached hydrogens (tertiary/aromatic N) is 1. The predicted octanol–water partition coefficient (Wildman–Crippen LogP) is 3.86. The van der Waals surface area contributed by atoms with E-state index in [2.05, 4.69) is 5.32 Å². The number of amides is 1. The van der Waals surface area contributed by atoms with Crippen LogP contribution in [0.5, 0.6) is 5.75 Å². The minimum atomic E-state index is -0.754. The molecule has 8 heteroatoms. The maximum absolute atomic E-state index is 12.2. The number of carbonyl (C=O) groups is 1. The maximum atomic E-state index is 12.2. The highest BCUT2D eigenvalue weighted by molar-refractivity contribution is 6.40. The van der Waals surface area contributed by atoms with Crippen LogP contribution in [-0.2, 0) is 0 Å². The topological polar surface area (TPSA) is 92.5 Å². The van der Waals surface area contributed by atoms with Crippen molar-refractivity contribution in [2.75, 3.05) is 5.32 Å². The third-order valence-corrected chi connectivity index (χ3v) is 3.28. The number of hydrogen-bond acceptors (Lipinski definition) is 4. The fourth-order valence-electron chi connectivity index (χ4n) is 1.70. The van der Waals surface area contributed by atoms with E-state index in [4.69, 9.17) is 23.2 Å². The van der Waals surface area contributed by atoms with E-state index in [1.54, 1.807) is 6.07 Å². The first-order valence-corrected chi connectivity index (χ1v) is 6.39. The van der Waals surface area contributed by atoms with Crippen LogP contribution in [0.3, 0.4) is 0 Å². The van der Waals surface area contributed by atoms with Crippen molar-refractivity contribution in [1.29, 1.82) is 0 Å². The highest BCUT2D eigenvalue weighted by Gasteiger charge is 2.22. The van der Waals surface area contributed by atoms with Gasteiger partial charge in [0.05, 0.1) is 20.5 Å². The standard InChI is InChI=1S/C13H8Cl2N2O4/c14-7-3-1-4-8(15)11(7)13(19)16-12-9(17(20)21)5-2-6-10(12)18/h1-6,18H,(H,16,19). The number of para-hydroxylation sites is 1. The quantitative estimate of drug-likeness (QED) is 0.508. The van der Waals surface area contributed by atoms with E-state index in [1.165, 1.54) is 24.3 Å². The molecule has 2 rings (SSSR count). The van der Waals surface area contributed by atoms with Crippen molar-refractivity contribution in [3.63, 3.8) is 0 Å². The summed E-state index contributed by atoms with van der Waals surface area (Å²) in [6, 6.07) is 8.15. The van der Waals surface area contributed by atoms with Gasteiger partial charge in [0.25, 0.3) is 11.6 Å². The number of benzene rings is 2. The van der Waals surface area contributed by atoms with Crippen LogP contribution in [0.2, 0.25) is 10.0 Å². The molecule has 0 bridgehead atoms. The maximum Gasteiger partial charge on any atom is 0.296 e. The van der Waals surface area contributed by atoms with Crippen LogP contribution >= 0.6 is 23.2 Å². The van der Waals surface area contributed by atoms with Crippen LogP contribution in [0.25, 0.3) is 0 Å². The lowest BCUT2D eigenvalue weighted by Crippen LogP contribution is -2.14. The Kier molecular flexibility index (Phi) is 4.30. The molecule has 0 aromatic heterocycles. The van der Waals surface area contributed by atoms with E-state index in [-0.39, 0.29) is 21.3 Å². The van der Waals surface area contributed by atoms with E-state index >= 15 is 0 Å². The molecule has 0 saturated heterocycles. The van der Waals surface area contributed by atoms with Gasteiger partial charge in [-0.3, -0.25) is 14.9 Å². The summed E-state index contributed by atoms with van der Waals surface area (Å²) in [6.07, 6.45) is 0. The molecule has 1 amide bonds. The predicted molar refractivity (Wildman–Crippen MR) is 79.2 cm³/mol. The fourth-order valence-corrected chi connectivity index (χ4v) is 2.27. The van der Waals surface area contributed by atoms with Crippen LogP contribution in [0.4, 0.5) is 11.4 Å². The molecule has 2 aromatic carbocycles. The van der Waals surface area contributed by atoms with Crippen molar-refractivity contribution in [2.45, 2.75) is 0 Å². The molecule has 0 spiro atoms. The van der Waals surface area contributed by atoms with Crippen LogP contribution in [0.1, 0.15) is 10.4 Å². The number of aromatic hydroxyl groups is 1.